The van der Waals surface area contributed by atoms with Crippen molar-refractivity contribution in [3.05, 3.63) is 23.3 Å². The van der Waals surface area contributed by atoms with Crippen LogP contribution in [-0.4, -0.2) is 67.3 Å². The normalized spacial score (nSPS) is 18.3. The molecule has 3 rings (SSSR count). The zero-order chi connectivity index (χ0) is 16.6. The van der Waals surface area contributed by atoms with Crippen LogP contribution in [0.3, 0.4) is 0 Å². The Morgan fingerprint density at radius 1 is 1.39 bits per heavy atom. The third-order valence-electron chi connectivity index (χ3n) is 3.71. The molecule has 0 aromatic carbocycles. The summed E-state index contributed by atoms with van der Waals surface area (Å²) in [5, 5.41) is 13.2. The first-order chi connectivity index (χ1) is 11.0. The van der Waals surface area contributed by atoms with Gasteiger partial charge >= 0.3 is 5.97 Å². The van der Waals surface area contributed by atoms with Crippen molar-refractivity contribution in [3.63, 3.8) is 0 Å². The Hall–Kier alpha value is -2.55. The maximum Gasteiger partial charge on any atom is 0.305 e. The van der Waals surface area contributed by atoms with Gasteiger partial charge in [0.1, 0.15) is 0 Å². The van der Waals surface area contributed by atoms with Crippen LogP contribution < -0.4 is 0 Å². The lowest BCUT2D eigenvalue weighted by Crippen LogP contribution is -2.49. The van der Waals surface area contributed by atoms with E-state index in [1.54, 1.807) is 0 Å². The zero-order valence-corrected chi connectivity index (χ0v) is 12.9. The first kappa shape index (κ1) is 15.3. The molecule has 1 aliphatic rings. The minimum atomic E-state index is -0.977. The molecular weight excluding hydrogens is 302 g/mol. The van der Waals surface area contributed by atoms with Gasteiger partial charge in [-0.3, -0.25) is 9.59 Å². The molecule has 0 radical (unpaired) electrons. The highest BCUT2D eigenvalue weighted by atomic mass is 16.5. The van der Waals surface area contributed by atoms with Gasteiger partial charge in [0.25, 0.3) is 11.7 Å². The number of amides is 1. The molecule has 9 heteroatoms. The molecule has 1 N–H and O–H groups in total. The van der Waals surface area contributed by atoms with Gasteiger partial charge in [0, 0.05) is 17.9 Å². The van der Waals surface area contributed by atoms with E-state index in [9.17, 15) is 9.59 Å². The van der Waals surface area contributed by atoms with Gasteiger partial charge in [-0.05, 0) is 19.9 Å². The lowest BCUT2D eigenvalue weighted by Gasteiger charge is -2.33. The molecule has 1 amide bonds. The fourth-order valence-electron chi connectivity index (χ4n) is 2.68. The number of ether oxygens (including phenoxy) is 1. The molecule has 2 aromatic heterocycles. The van der Waals surface area contributed by atoms with Crippen LogP contribution in [0.15, 0.2) is 6.07 Å². The molecule has 2 aromatic rings. The van der Waals surface area contributed by atoms with Gasteiger partial charge in [0.05, 0.1) is 25.7 Å². The lowest BCUT2D eigenvalue weighted by molar-refractivity contribution is -0.139. The van der Waals surface area contributed by atoms with E-state index in [1.165, 1.54) is 9.42 Å². The Kier molecular flexibility index (Phi) is 3.95. The molecule has 1 saturated heterocycles. The average Bonchev–Trinajstić information content (AvgIpc) is 2.90. The largest absolute Gasteiger partial charge is 0.481 e. The van der Waals surface area contributed by atoms with Crippen molar-refractivity contribution < 1.29 is 19.4 Å². The number of aliphatic carboxylic acids is 1. The fraction of sp³-hybridized carbons (Fsp3) is 0.500. The SMILES string of the molecule is Cc1cc(C)n2nc(C(=O)N3CCOCC3CC(=O)O)nc2n1. The van der Waals surface area contributed by atoms with E-state index in [0.29, 0.717) is 18.9 Å². The lowest BCUT2D eigenvalue weighted by atomic mass is 10.1. The molecule has 23 heavy (non-hydrogen) atoms. The number of carbonyl (C=O) groups is 2. The highest BCUT2D eigenvalue weighted by Crippen LogP contribution is 2.14. The van der Waals surface area contributed by atoms with Gasteiger partial charge in [-0.2, -0.15) is 4.98 Å². The molecule has 1 unspecified atom stereocenters. The number of morpholine rings is 1. The third-order valence-corrected chi connectivity index (χ3v) is 3.71. The summed E-state index contributed by atoms with van der Waals surface area (Å²) in [5.74, 6) is -1.01. The Balaban J connectivity index is 1.92. The van der Waals surface area contributed by atoms with Crippen molar-refractivity contribution in [3.8, 4) is 0 Å². The molecule has 1 atom stereocenters. The Morgan fingerprint density at radius 3 is 2.91 bits per heavy atom. The predicted molar refractivity (Wildman–Crippen MR) is 78.2 cm³/mol. The van der Waals surface area contributed by atoms with Crippen LogP contribution in [0.25, 0.3) is 5.78 Å². The van der Waals surface area contributed by atoms with Crippen molar-refractivity contribution in [2.24, 2.45) is 0 Å². The van der Waals surface area contributed by atoms with Gasteiger partial charge in [0.15, 0.2) is 0 Å². The van der Waals surface area contributed by atoms with E-state index in [-0.39, 0.29) is 18.9 Å². The van der Waals surface area contributed by atoms with Gasteiger partial charge in [-0.25, -0.2) is 9.50 Å². The number of fused-ring (bicyclic) bond motifs is 1. The summed E-state index contributed by atoms with van der Waals surface area (Å²) in [4.78, 5) is 33.5. The number of hydrogen-bond donors (Lipinski definition) is 1. The number of hydrogen-bond acceptors (Lipinski definition) is 6. The summed E-state index contributed by atoms with van der Waals surface area (Å²) in [7, 11) is 0. The van der Waals surface area contributed by atoms with Crippen LogP contribution >= 0.6 is 0 Å². The summed E-state index contributed by atoms with van der Waals surface area (Å²) in [6.07, 6.45) is -0.171. The van der Waals surface area contributed by atoms with Crippen molar-refractivity contribution in [2.45, 2.75) is 26.3 Å². The van der Waals surface area contributed by atoms with Crippen LogP contribution in [0.4, 0.5) is 0 Å². The van der Waals surface area contributed by atoms with Crippen molar-refractivity contribution in [1.82, 2.24) is 24.5 Å². The van der Waals surface area contributed by atoms with Gasteiger partial charge in [0.2, 0.25) is 5.82 Å². The van der Waals surface area contributed by atoms with Crippen LogP contribution in [0.1, 0.15) is 28.4 Å². The maximum atomic E-state index is 12.7. The van der Waals surface area contributed by atoms with Crippen LogP contribution in [0.5, 0.6) is 0 Å². The first-order valence-corrected chi connectivity index (χ1v) is 7.27. The summed E-state index contributed by atoms with van der Waals surface area (Å²) in [6, 6.07) is 1.33. The minimum Gasteiger partial charge on any atom is -0.481 e. The quantitative estimate of drug-likeness (QED) is 0.851. The molecule has 0 bridgehead atoms. The molecular formula is C14H17N5O4. The second-order valence-electron chi connectivity index (χ2n) is 5.51. The van der Waals surface area contributed by atoms with Crippen molar-refractivity contribution in [2.75, 3.05) is 19.8 Å². The van der Waals surface area contributed by atoms with E-state index >= 15 is 0 Å². The average molecular weight is 319 g/mol. The van der Waals surface area contributed by atoms with Gasteiger partial charge < -0.3 is 14.7 Å². The predicted octanol–water partition coefficient (Wildman–Crippen LogP) is 0.0568. The number of carboxylic acids is 1. The van der Waals surface area contributed by atoms with E-state index in [0.717, 1.165) is 11.4 Å². The standard InChI is InChI=1S/C14H17N5O4/c1-8-5-9(2)19-14(15-8)16-12(17-19)13(22)18-3-4-23-7-10(18)6-11(20)21/h5,10H,3-4,6-7H2,1-2H3,(H,20,21). The second kappa shape index (κ2) is 5.92. The smallest absolute Gasteiger partial charge is 0.305 e. The number of rotatable bonds is 3. The van der Waals surface area contributed by atoms with E-state index in [1.807, 2.05) is 19.9 Å². The highest BCUT2D eigenvalue weighted by molar-refractivity contribution is 5.91. The van der Waals surface area contributed by atoms with Crippen molar-refractivity contribution in [1.29, 1.82) is 0 Å². The van der Waals surface area contributed by atoms with Gasteiger partial charge in [-0.15, -0.1) is 5.10 Å². The Labute approximate surface area is 131 Å². The minimum absolute atomic E-state index is 0.0171. The summed E-state index contributed by atoms with van der Waals surface area (Å²) < 4.78 is 6.78. The van der Waals surface area contributed by atoms with Crippen LogP contribution in [0.2, 0.25) is 0 Å². The number of nitrogens with zero attached hydrogens (tertiary/aromatic N) is 5. The zero-order valence-electron chi connectivity index (χ0n) is 12.9. The second-order valence-corrected chi connectivity index (χ2v) is 5.51. The topological polar surface area (TPSA) is 110 Å². The molecule has 0 spiro atoms. The molecule has 0 aliphatic carbocycles. The highest BCUT2D eigenvalue weighted by Gasteiger charge is 2.32. The van der Waals surface area contributed by atoms with Crippen LogP contribution in [0, 0.1) is 13.8 Å². The summed E-state index contributed by atoms with van der Waals surface area (Å²) in [6.45, 7) is 4.58. The number of aromatic nitrogens is 4. The van der Waals surface area contributed by atoms with Crippen LogP contribution in [-0.2, 0) is 9.53 Å². The van der Waals surface area contributed by atoms with Gasteiger partial charge in [-0.1, -0.05) is 0 Å². The molecule has 1 fully saturated rings. The molecule has 3 heterocycles. The Morgan fingerprint density at radius 2 is 2.17 bits per heavy atom. The van der Waals surface area contributed by atoms with E-state index in [4.69, 9.17) is 9.84 Å². The number of carbonyl (C=O) groups excluding carboxylic acids is 1. The van der Waals surface area contributed by atoms with E-state index < -0.39 is 17.9 Å². The third kappa shape index (κ3) is 3.00. The molecule has 1 aliphatic heterocycles. The van der Waals surface area contributed by atoms with Crippen molar-refractivity contribution >= 4 is 17.7 Å². The fourth-order valence-corrected chi connectivity index (χ4v) is 2.68. The molecule has 9 nitrogen and oxygen atoms in total. The Bertz CT molecular complexity index is 772. The monoisotopic (exact) mass is 319 g/mol. The number of aryl methyl sites for hydroxylation is 2. The van der Waals surface area contributed by atoms with E-state index in [2.05, 4.69) is 15.1 Å². The first-order valence-electron chi connectivity index (χ1n) is 7.27. The summed E-state index contributed by atoms with van der Waals surface area (Å²) >= 11 is 0. The molecule has 122 valence electrons. The maximum absolute atomic E-state index is 12.7. The summed E-state index contributed by atoms with van der Waals surface area (Å²) in [5.41, 5.74) is 1.61. The molecule has 0 saturated carbocycles. The number of carboxylic acid groups (broad SMARTS) is 1.